The van der Waals surface area contributed by atoms with E-state index in [1.165, 1.54) is 5.56 Å². The maximum atomic E-state index is 5.86. The maximum Gasteiger partial charge on any atom is 0.174 e. The standard InChI is InChI=1S/C27H26N4OS/c1-3-32-22-14-12-20(13-15-22)31-26(25(29-27(31)33)23-10-4-5-16-28-23)24-11-7-17-30(24)21-9-6-8-19(2)18-21/h4-18,25-26H,3H2,1-2H3,(H,29,33)/t25-,26+/m1/s1. The van der Waals surface area contributed by atoms with Gasteiger partial charge in [-0.3, -0.25) is 4.98 Å². The summed E-state index contributed by atoms with van der Waals surface area (Å²) >= 11 is 5.86. The van der Waals surface area contributed by atoms with E-state index < -0.39 is 0 Å². The van der Waals surface area contributed by atoms with Crippen molar-refractivity contribution in [2.75, 3.05) is 11.5 Å². The summed E-state index contributed by atoms with van der Waals surface area (Å²) in [4.78, 5) is 6.85. The zero-order chi connectivity index (χ0) is 22.8. The van der Waals surface area contributed by atoms with Crippen LogP contribution in [-0.4, -0.2) is 21.3 Å². The van der Waals surface area contributed by atoms with Crippen LogP contribution in [-0.2, 0) is 0 Å². The van der Waals surface area contributed by atoms with E-state index >= 15 is 0 Å². The van der Waals surface area contributed by atoms with Crippen LogP contribution in [0.2, 0.25) is 0 Å². The molecule has 0 unspecified atom stereocenters. The first-order valence-electron chi connectivity index (χ1n) is 11.1. The van der Waals surface area contributed by atoms with Crippen molar-refractivity contribution in [3.8, 4) is 11.4 Å². The summed E-state index contributed by atoms with van der Waals surface area (Å²) in [7, 11) is 0. The van der Waals surface area contributed by atoms with E-state index in [0.717, 1.165) is 28.5 Å². The lowest BCUT2D eigenvalue weighted by atomic mass is 10.0. The SMILES string of the molecule is CCOc1ccc(N2C(=S)N[C@H](c3ccccn3)[C@@H]2c2cccn2-c2cccc(C)c2)cc1. The number of ether oxygens (including phenoxy) is 1. The third kappa shape index (κ3) is 4.10. The summed E-state index contributed by atoms with van der Waals surface area (Å²) in [6, 6.07) is 26.7. The van der Waals surface area contributed by atoms with E-state index in [1.54, 1.807) is 0 Å². The Kier molecular flexibility index (Phi) is 5.84. The number of pyridine rings is 1. The Morgan fingerprint density at radius 3 is 2.55 bits per heavy atom. The topological polar surface area (TPSA) is 42.3 Å². The number of aryl methyl sites for hydroxylation is 1. The fraction of sp³-hybridized carbons (Fsp3) is 0.185. The largest absolute Gasteiger partial charge is 0.494 e. The van der Waals surface area contributed by atoms with E-state index in [-0.39, 0.29) is 12.1 Å². The Morgan fingerprint density at radius 2 is 1.82 bits per heavy atom. The van der Waals surface area contributed by atoms with Crippen LogP contribution >= 0.6 is 12.2 Å². The van der Waals surface area contributed by atoms with Crippen LogP contribution in [0.5, 0.6) is 5.75 Å². The molecule has 4 aromatic rings. The molecule has 0 radical (unpaired) electrons. The molecule has 5 rings (SSSR count). The summed E-state index contributed by atoms with van der Waals surface area (Å²) < 4.78 is 7.89. The van der Waals surface area contributed by atoms with Crippen LogP contribution < -0.4 is 15.0 Å². The first-order chi connectivity index (χ1) is 16.2. The number of benzene rings is 2. The second kappa shape index (κ2) is 9.08. The highest BCUT2D eigenvalue weighted by Crippen LogP contribution is 2.42. The molecular weight excluding hydrogens is 428 g/mol. The predicted molar refractivity (Wildman–Crippen MR) is 136 cm³/mol. The number of hydrogen-bond donors (Lipinski definition) is 1. The number of nitrogens with one attached hydrogen (secondary N) is 1. The van der Waals surface area contributed by atoms with Crippen molar-refractivity contribution in [1.82, 2.24) is 14.9 Å². The van der Waals surface area contributed by atoms with Gasteiger partial charge in [0.2, 0.25) is 0 Å². The maximum absolute atomic E-state index is 5.86. The van der Waals surface area contributed by atoms with Crippen molar-refractivity contribution in [1.29, 1.82) is 0 Å². The zero-order valence-electron chi connectivity index (χ0n) is 18.7. The highest BCUT2D eigenvalue weighted by molar-refractivity contribution is 7.80. The van der Waals surface area contributed by atoms with Crippen molar-refractivity contribution in [2.24, 2.45) is 0 Å². The highest BCUT2D eigenvalue weighted by Gasteiger charge is 2.42. The fourth-order valence-electron chi connectivity index (χ4n) is 4.45. The summed E-state index contributed by atoms with van der Waals surface area (Å²) in [5.41, 5.74) is 5.44. The van der Waals surface area contributed by atoms with Crippen molar-refractivity contribution in [3.63, 3.8) is 0 Å². The van der Waals surface area contributed by atoms with Gasteiger partial charge in [0.15, 0.2) is 5.11 Å². The lowest BCUT2D eigenvalue weighted by Gasteiger charge is -2.29. The Bertz CT molecular complexity index is 1250. The Morgan fingerprint density at radius 1 is 0.970 bits per heavy atom. The van der Waals surface area contributed by atoms with E-state index in [1.807, 2.05) is 37.4 Å². The van der Waals surface area contributed by atoms with Gasteiger partial charge in [-0.15, -0.1) is 0 Å². The fourth-order valence-corrected chi connectivity index (χ4v) is 4.80. The number of aromatic nitrogens is 2. The summed E-state index contributed by atoms with van der Waals surface area (Å²) in [5, 5.41) is 4.21. The van der Waals surface area contributed by atoms with Crippen molar-refractivity contribution < 1.29 is 4.74 Å². The van der Waals surface area contributed by atoms with Gasteiger partial charge in [0, 0.05) is 29.5 Å². The third-order valence-electron chi connectivity index (χ3n) is 5.89. The van der Waals surface area contributed by atoms with Gasteiger partial charge >= 0.3 is 0 Å². The minimum atomic E-state index is -0.0938. The van der Waals surface area contributed by atoms with E-state index in [0.29, 0.717) is 11.7 Å². The molecule has 6 heteroatoms. The molecule has 0 spiro atoms. The second-order valence-corrected chi connectivity index (χ2v) is 8.45. The van der Waals surface area contributed by atoms with Crippen LogP contribution in [0.3, 0.4) is 0 Å². The van der Waals surface area contributed by atoms with Gasteiger partial charge in [-0.25, -0.2) is 0 Å². The van der Waals surface area contributed by atoms with Crippen molar-refractivity contribution in [2.45, 2.75) is 25.9 Å². The quantitative estimate of drug-likeness (QED) is 0.376. The minimum Gasteiger partial charge on any atom is -0.494 e. The molecule has 0 bridgehead atoms. The summed E-state index contributed by atoms with van der Waals surface area (Å²) in [6.07, 6.45) is 3.94. The Hall–Kier alpha value is -3.64. The molecule has 2 atom stereocenters. The molecule has 1 fully saturated rings. The van der Waals surface area contributed by atoms with Crippen LogP contribution in [0.15, 0.2) is 91.3 Å². The zero-order valence-corrected chi connectivity index (χ0v) is 19.5. The van der Waals surface area contributed by atoms with E-state index in [4.69, 9.17) is 17.0 Å². The normalized spacial score (nSPS) is 17.8. The number of nitrogens with zero attached hydrogens (tertiary/aromatic N) is 3. The molecule has 166 valence electrons. The molecular formula is C27H26N4OS. The minimum absolute atomic E-state index is 0.0825. The molecule has 5 nitrogen and oxygen atoms in total. The van der Waals surface area contributed by atoms with E-state index in [9.17, 15) is 0 Å². The summed E-state index contributed by atoms with van der Waals surface area (Å²) in [5.74, 6) is 0.847. The molecule has 0 aliphatic carbocycles. The van der Waals surface area contributed by atoms with Crippen LogP contribution in [0, 0.1) is 6.92 Å². The van der Waals surface area contributed by atoms with Gasteiger partial charge in [0.1, 0.15) is 11.8 Å². The third-order valence-corrected chi connectivity index (χ3v) is 6.20. The number of hydrogen-bond acceptors (Lipinski definition) is 3. The van der Waals surface area contributed by atoms with Gasteiger partial charge in [-0.1, -0.05) is 18.2 Å². The van der Waals surface area contributed by atoms with Crippen LogP contribution in [0.25, 0.3) is 5.69 Å². The van der Waals surface area contributed by atoms with Crippen LogP contribution in [0.1, 0.15) is 36.0 Å². The molecule has 1 saturated heterocycles. The molecule has 3 heterocycles. The van der Waals surface area contributed by atoms with Crippen molar-refractivity contribution in [3.05, 3.63) is 108 Å². The first-order valence-corrected chi connectivity index (χ1v) is 11.5. The monoisotopic (exact) mass is 454 g/mol. The molecule has 33 heavy (non-hydrogen) atoms. The predicted octanol–water partition coefficient (Wildman–Crippen LogP) is 5.76. The Balaban J connectivity index is 1.63. The molecule has 1 aliphatic heterocycles. The number of rotatable bonds is 6. The van der Waals surface area contributed by atoms with Gasteiger partial charge < -0.3 is 19.5 Å². The second-order valence-electron chi connectivity index (χ2n) is 8.07. The van der Waals surface area contributed by atoms with Gasteiger partial charge in [-0.05, 0) is 92.3 Å². The van der Waals surface area contributed by atoms with E-state index in [2.05, 4.69) is 87.5 Å². The molecule has 0 amide bonds. The Labute approximate surface area is 199 Å². The number of thiocarbonyl (C=S) groups is 1. The van der Waals surface area contributed by atoms with Crippen LogP contribution in [0.4, 0.5) is 5.69 Å². The lowest BCUT2D eigenvalue weighted by Crippen LogP contribution is -2.30. The first kappa shape index (κ1) is 21.2. The highest BCUT2D eigenvalue weighted by atomic mass is 32.1. The molecule has 2 aromatic carbocycles. The van der Waals surface area contributed by atoms with Gasteiger partial charge in [0.05, 0.1) is 18.3 Å². The van der Waals surface area contributed by atoms with Gasteiger partial charge in [-0.2, -0.15) is 0 Å². The summed E-state index contributed by atoms with van der Waals surface area (Å²) in [6.45, 7) is 4.74. The van der Waals surface area contributed by atoms with Gasteiger partial charge in [0.25, 0.3) is 0 Å². The van der Waals surface area contributed by atoms with Crippen molar-refractivity contribution >= 4 is 23.0 Å². The molecule has 1 N–H and O–H groups in total. The number of anilines is 1. The molecule has 1 aliphatic rings. The lowest BCUT2D eigenvalue weighted by molar-refractivity contribution is 0.340. The molecule has 2 aromatic heterocycles. The average Bonchev–Trinajstić information content (AvgIpc) is 3.45. The smallest absolute Gasteiger partial charge is 0.174 e. The average molecular weight is 455 g/mol. The molecule has 0 saturated carbocycles.